The fourth-order valence-electron chi connectivity index (χ4n) is 2.60. The van der Waals surface area contributed by atoms with Crippen LogP contribution in [0.3, 0.4) is 0 Å². The number of thiophene rings is 1. The van der Waals surface area contributed by atoms with E-state index in [-0.39, 0.29) is 5.91 Å². The molecule has 3 nitrogen and oxygen atoms in total. The maximum Gasteiger partial charge on any atom is 0.223 e. The first-order valence-electron chi connectivity index (χ1n) is 6.87. The number of nitrogens with two attached hydrogens (primary N) is 1. The fourth-order valence-corrected chi connectivity index (χ4v) is 3.34. The van der Waals surface area contributed by atoms with Crippen molar-refractivity contribution in [1.82, 2.24) is 4.90 Å². The van der Waals surface area contributed by atoms with Crippen LogP contribution in [0.2, 0.25) is 0 Å². The summed E-state index contributed by atoms with van der Waals surface area (Å²) in [5.41, 5.74) is 8.06. The van der Waals surface area contributed by atoms with Crippen molar-refractivity contribution in [2.24, 2.45) is 11.7 Å². The lowest BCUT2D eigenvalue weighted by atomic mass is 10.1. The third-order valence-electron chi connectivity index (χ3n) is 3.76. The van der Waals surface area contributed by atoms with E-state index in [0.29, 0.717) is 25.4 Å². The second-order valence-corrected chi connectivity index (χ2v) is 6.20. The van der Waals surface area contributed by atoms with Crippen LogP contribution < -0.4 is 5.73 Å². The SMILES string of the molecule is NCC1CC(=O)N(Cc2ccc(-c3cccs3)cc2)C1. The molecule has 1 saturated heterocycles. The van der Waals surface area contributed by atoms with Crippen LogP contribution in [-0.2, 0) is 11.3 Å². The van der Waals surface area contributed by atoms with Gasteiger partial charge in [-0.1, -0.05) is 30.3 Å². The maximum atomic E-state index is 11.9. The number of likely N-dealkylation sites (tertiary alicyclic amines) is 1. The van der Waals surface area contributed by atoms with Crippen LogP contribution in [0, 0.1) is 5.92 Å². The molecule has 104 valence electrons. The van der Waals surface area contributed by atoms with Gasteiger partial charge in [-0.3, -0.25) is 4.79 Å². The average molecular weight is 286 g/mol. The van der Waals surface area contributed by atoms with Gasteiger partial charge in [0.15, 0.2) is 0 Å². The molecule has 1 amide bonds. The highest BCUT2D eigenvalue weighted by Gasteiger charge is 2.28. The zero-order valence-corrected chi connectivity index (χ0v) is 12.1. The first-order chi connectivity index (χ1) is 9.76. The summed E-state index contributed by atoms with van der Waals surface area (Å²) in [6.07, 6.45) is 0.601. The Morgan fingerprint density at radius 1 is 1.25 bits per heavy atom. The maximum absolute atomic E-state index is 11.9. The van der Waals surface area contributed by atoms with Gasteiger partial charge in [-0.15, -0.1) is 11.3 Å². The normalized spacial score (nSPS) is 18.8. The third kappa shape index (κ3) is 2.76. The van der Waals surface area contributed by atoms with E-state index in [1.54, 1.807) is 11.3 Å². The molecule has 1 atom stereocenters. The summed E-state index contributed by atoms with van der Waals surface area (Å²) < 4.78 is 0. The second-order valence-electron chi connectivity index (χ2n) is 5.25. The summed E-state index contributed by atoms with van der Waals surface area (Å²) in [5.74, 6) is 0.552. The molecule has 3 rings (SSSR count). The van der Waals surface area contributed by atoms with Crippen molar-refractivity contribution in [3.8, 4) is 10.4 Å². The van der Waals surface area contributed by atoms with Gasteiger partial charge in [0.1, 0.15) is 0 Å². The van der Waals surface area contributed by atoms with E-state index in [9.17, 15) is 4.79 Å². The summed E-state index contributed by atoms with van der Waals surface area (Å²) >= 11 is 1.74. The van der Waals surface area contributed by atoms with Crippen LogP contribution in [-0.4, -0.2) is 23.9 Å². The predicted octanol–water partition coefficient (Wildman–Crippen LogP) is 2.72. The quantitative estimate of drug-likeness (QED) is 0.939. The van der Waals surface area contributed by atoms with Gasteiger partial charge in [0.25, 0.3) is 0 Å². The highest BCUT2D eigenvalue weighted by Crippen LogP contribution is 2.25. The standard InChI is InChI=1S/C16H18N2OS/c17-9-13-8-16(19)18(11-13)10-12-3-5-14(6-4-12)15-2-1-7-20-15/h1-7,13H,8-11,17H2. The van der Waals surface area contributed by atoms with E-state index in [0.717, 1.165) is 6.54 Å². The number of carbonyl (C=O) groups excluding carboxylic acids is 1. The zero-order chi connectivity index (χ0) is 13.9. The fraction of sp³-hybridized carbons (Fsp3) is 0.312. The van der Waals surface area contributed by atoms with Gasteiger partial charge < -0.3 is 10.6 Å². The highest BCUT2D eigenvalue weighted by molar-refractivity contribution is 7.13. The molecule has 0 radical (unpaired) electrons. The molecule has 1 fully saturated rings. The molecule has 20 heavy (non-hydrogen) atoms. The number of nitrogens with zero attached hydrogens (tertiary/aromatic N) is 1. The third-order valence-corrected chi connectivity index (χ3v) is 4.68. The van der Waals surface area contributed by atoms with Gasteiger partial charge in [-0.2, -0.15) is 0 Å². The topological polar surface area (TPSA) is 46.3 Å². The highest BCUT2D eigenvalue weighted by atomic mass is 32.1. The smallest absolute Gasteiger partial charge is 0.223 e. The van der Waals surface area contributed by atoms with Crippen molar-refractivity contribution in [3.63, 3.8) is 0 Å². The Labute approximate surface area is 123 Å². The van der Waals surface area contributed by atoms with Crippen LogP contribution in [0.15, 0.2) is 41.8 Å². The number of hydrogen-bond acceptors (Lipinski definition) is 3. The first kappa shape index (κ1) is 13.3. The minimum atomic E-state index is 0.225. The Morgan fingerprint density at radius 2 is 2.05 bits per heavy atom. The summed E-state index contributed by atoms with van der Waals surface area (Å²) in [6, 6.07) is 12.7. The van der Waals surface area contributed by atoms with E-state index in [1.807, 2.05) is 4.90 Å². The Morgan fingerprint density at radius 3 is 2.65 bits per heavy atom. The average Bonchev–Trinajstić information content (AvgIpc) is 3.10. The van der Waals surface area contributed by atoms with Crippen molar-refractivity contribution < 1.29 is 4.79 Å². The number of benzene rings is 1. The van der Waals surface area contributed by atoms with E-state index < -0.39 is 0 Å². The molecule has 0 aliphatic carbocycles. The van der Waals surface area contributed by atoms with Crippen LogP contribution in [0.1, 0.15) is 12.0 Å². The Kier molecular flexibility index (Phi) is 3.85. The molecule has 1 aliphatic heterocycles. The molecule has 1 aliphatic rings. The minimum absolute atomic E-state index is 0.225. The molecule has 1 aromatic carbocycles. The molecule has 1 unspecified atom stereocenters. The van der Waals surface area contributed by atoms with Crippen molar-refractivity contribution in [2.75, 3.05) is 13.1 Å². The van der Waals surface area contributed by atoms with Crippen LogP contribution >= 0.6 is 11.3 Å². The van der Waals surface area contributed by atoms with Gasteiger partial charge in [0.2, 0.25) is 5.91 Å². The lowest BCUT2D eigenvalue weighted by Gasteiger charge is -2.16. The summed E-state index contributed by atoms with van der Waals surface area (Å²) in [6.45, 7) is 2.08. The Hall–Kier alpha value is -1.65. The van der Waals surface area contributed by atoms with Gasteiger partial charge in [-0.05, 0) is 35.0 Å². The minimum Gasteiger partial charge on any atom is -0.338 e. The van der Waals surface area contributed by atoms with Gasteiger partial charge >= 0.3 is 0 Å². The first-order valence-corrected chi connectivity index (χ1v) is 7.75. The van der Waals surface area contributed by atoms with Crippen LogP contribution in [0.5, 0.6) is 0 Å². The summed E-state index contributed by atoms with van der Waals surface area (Å²) in [5, 5.41) is 2.08. The predicted molar refractivity (Wildman–Crippen MR) is 82.3 cm³/mol. The molecule has 4 heteroatoms. The summed E-state index contributed by atoms with van der Waals surface area (Å²) in [7, 11) is 0. The van der Waals surface area contributed by atoms with Gasteiger partial charge in [-0.25, -0.2) is 0 Å². The Balaban J connectivity index is 1.68. The van der Waals surface area contributed by atoms with Crippen LogP contribution in [0.25, 0.3) is 10.4 Å². The molecular weight excluding hydrogens is 268 g/mol. The molecule has 0 bridgehead atoms. The Bertz CT molecular complexity index is 577. The molecule has 2 aromatic rings. The van der Waals surface area contributed by atoms with E-state index in [2.05, 4.69) is 41.8 Å². The zero-order valence-electron chi connectivity index (χ0n) is 11.3. The van der Waals surface area contributed by atoms with Crippen LogP contribution in [0.4, 0.5) is 0 Å². The molecule has 1 aromatic heterocycles. The molecule has 2 heterocycles. The van der Waals surface area contributed by atoms with Gasteiger partial charge in [0.05, 0.1) is 0 Å². The van der Waals surface area contributed by atoms with E-state index in [4.69, 9.17) is 5.73 Å². The second kappa shape index (κ2) is 5.77. The van der Waals surface area contributed by atoms with Crippen molar-refractivity contribution in [3.05, 3.63) is 47.3 Å². The molecular formula is C16H18N2OS. The van der Waals surface area contributed by atoms with Crippen molar-refractivity contribution in [1.29, 1.82) is 0 Å². The van der Waals surface area contributed by atoms with Gasteiger partial charge in [0, 0.05) is 24.4 Å². The lowest BCUT2D eigenvalue weighted by molar-refractivity contribution is -0.128. The monoisotopic (exact) mass is 286 g/mol. The summed E-state index contributed by atoms with van der Waals surface area (Å²) in [4.78, 5) is 15.1. The number of carbonyl (C=O) groups is 1. The molecule has 2 N–H and O–H groups in total. The number of amides is 1. The molecule has 0 spiro atoms. The van der Waals surface area contributed by atoms with E-state index in [1.165, 1.54) is 16.0 Å². The van der Waals surface area contributed by atoms with E-state index >= 15 is 0 Å². The number of rotatable bonds is 4. The molecule has 0 saturated carbocycles. The van der Waals surface area contributed by atoms with Crippen molar-refractivity contribution in [2.45, 2.75) is 13.0 Å². The van der Waals surface area contributed by atoms with Crippen molar-refractivity contribution >= 4 is 17.2 Å². The lowest BCUT2D eigenvalue weighted by Crippen LogP contribution is -2.25. The number of hydrogen-bond donors (Lipinski definition) is 1. The largest absolute Gasteiger partial charge is 0.338 e.